The van der Waals surface area contributed by atoms with E-state index in [1.54, 1.807) is 0 Å². The van der Waals surface area contributed by atoms with E-state index in [1.165, 1.54) is 0 Å². The lowest BCUT2D eigenvalue weighted by Crippen LogP contribution is -1.99. The Morgan fingerprint density at radius 3 is 0.846 bits per heavy atom. The van der Waals surface area contributed by atoms with Crippen LogP contribution in [0, 0.1) is 0 Å². The van der Waals surface area contributed by atoms with Crippen LogP contribution < -0.4 is 18.9 Å². The maximum atomic E-state index is 5.75. The maximum absolute atomic E-state index is 5.75. The summed E-state index contributed by atoms with van der Waals surface area (Å²) in [5, 5.41) is 4.43. The molecule has 26 heavy (non-hydrogen) atoms. The quantitative estimate of drug-likeness (QED) is 0.494. The van der Waals surface area contributed by atoms with Gasteiger partial charge in [-0.25, -0.2) is 0 Å². The summed E-state index contributed by atoms with van der Waals surface area (Å²) in [5.74, 6) is 3.10. The number of ether oxygens (including phenoxy) is 4. The molecule has 0 spiro atoms. The van der Waals surface area contributed by atoms with Crippen LogP contribution in [0.2, 0.25) is 0 Å². The van der Waals surface area contributed by atoms with E-state index >= 15 is 0 Å². The first-order valence-electron chi connectivity index (χ1n) is 9.26. The third-order valence-electron chi connectivity index (χ3n) is 4.12. The zero-order valence-corrected chi connectivity index (χ0v) is 15.9. The second-order valence-corrected chi connectivity index (χ2v) is 5.88. The van der Waals surface area contributed by atoms with Crippen molar-refractivity contribution in [2.75, 3.05) is 26.4 Å². The van der Waals surface area contributed by atoms with E-state index in [2.05, 4.69) is 12.1 Å². The molecule has 138 valence electrons. The largest absolute Gasteiger partial charge is 0.490 e. The summed E-state index contributed by atoms with van der Waals surface area (Å²) in [7, 11) is 0. The lowest BCUT2D eigenvalue weighted by atomic mass is 10.0. The van der Waals surface area contributed by atoms with E-state index in [0.717, 1.165) is 44.5 Å². The molecule has 0 saturated heterocycles. The average molecular weight is 354 g/mol. The molecule has 0 aliphatic heterocycles. The summed E-state index contributed by atoms with van der Waals surface area (Å²) < 4.78 is 23.0. The molecular weight excluding hydrogens is 328 g/mol. The van der Waals surface area contributed by atoms with Crippen molar-refractivity contribution in [3.8, 4) is 23.0 Å². The van der Waals surface area contributed by atoms with Crippen molar-refractivity contribution < 1.29 is 18.9 Å². The zero-order chi connectivity index (χ0) is 18.5. The summed E-state index contributed by atoms with van der Waals surface area (Å²) in [4.78, 5) is 0. The molecule has 0 fully saturated rings. The minimum atomic E-state index is 0.603. The first-order valence-corrected chi connectivity index (χ1v) is 9.26. The van der Waals surface area contributed by atoms with Gasteiger partial charge in [-0.05, 0) is 85.6 Å². The fourth-order valence-electron chi connectivity index (χ4n) is 3.09. The molecule has 3 rings (SSSR count). The Morgan fingerprint density at radius 2 is 0.654 bits per heavy atom. The van der Waals surface area contributed by atoms with Crippen LogP contribution in [0.4, 0.5) is 0 Å². The van der Waals surface area contributed by atoms with Crippen LogP contribution in [0.1, 0.15) is 27.7 Å². The molecule has 0 atom stereocenters. The minimum Gasteiger partial charge on any atom is -0.490 e. The van der Waals surface area contributed by atoms with Crippen LogP contribution in [0.15, 0.2) is 36.4 Å². The van der Waals surface area contributed by atoms with Gasteiger partial charge in [0.05, 0.1) is 26.4 Å². The van der Waals surface area contributed by atoms with Crippen molar-refractivity contribution in [3.05, 3.63) is 36.4 Å². The zero-order valence-electron chi connectivity index (χ0n) is 15.9. The van der Waals surface area contributed by atoms with Gasteiger partial charge in [0.25, 0.3) is 0 Å². The highest BCUT2D eigenvalue weighted by Gasteiger charge is 2.11. The highest BCUT2D eigenvalue weighted by atomic mass is 16.5. The smallest absolute Gasteiger partial charge is 0.161 e. The van der Waals surface area contributed by atoms with Crippen molar-refractivity contribution in [1.29, 1.82) is 0 Å². The predicted molar refractivity (Wildman–Crippen MR) is 106 cm³/mol. The molecule has 3 aromatic rings. The molecule has 4 nitrogen and oxygen atoms in total. The van der Waals surface area contributed by atoms with E-state index in [0.29, 0.717) is 26.4 Å². The van der Waals surface area contributed by atoms with E-state index < -0.39 is 0 Å². The van der Waals surface area contributed by atoms with Gasteiger partial charge in [-0.15, -0.1) is 0 Å². The topological polar surface area (TPSA) is 36.9 Å². The monoisotopic (exact) mass is 354 g/mol. The fraction of sp³-hybridized carbons (Fsp3) is 0.364. The van der Waals surface area contributed by atoms with Gasteiger partial charge in [-0.1, -0.05) is 0 Å². The molecule has 0 radical (unpaired) electrons. The molecular formula is C22H26O4. The van der Waals surface area contributed by atoms with Crippen LogP contribution in [0.3, 0.4) is 0 Å². The van der Waals surface area contributed by atoms with Gasteiger partial charge in [0, 0.05) is 0 Å². The van der Waals surface area contributed by atoms with Gasteiger partial charge in [0.15, 0.2) is 23.0 Å². The molecule has 0 bridgehead atoms. The van der Waals surface area contributed by atoms with Crippen LogP contribution in [-0.2, 0) is 0 Å². The number of fused-ring (bicyclic) bond motifs is 2. The van der Waals surface area contributed by atoms with Gasteiger partial charge in [0.2, 0.25) is 0 Å². The molecule has 0 aromatic heterocycles. The van der Waals surface area contributed by atoms with Crippen LogP contribution in [0.5, 0.6) is 23.0 Å². The maximum Gasteiger partial charge on any atom is 0.161 e. The van der Waals surface area contributed by atoms with Gasteiger partial charge >= 0.3 is 0 Å². The highest BCUT2D eigenvalue weighted by molar-refractivity contribution is 6.00. The summed E-state index contributed by atoms with van der Waals surface area (Å²) in [6, 6.07) is 12.5. The SMILES string of the molecule is CCOc1cc2cc3cc(OCC)c(OCC)cc3cc2cc1OCC. The molecule has 0 unspecified atom stereocenters. The molecule has 3 aromatic carbocycles. The number of hydrogen-bond acceptors (Lipinski definition) is 4. The third-order valence-corrected chi connectivity index (χ3v) is 4.12. The van der Waals surface area contributed by atoms with Crippen LogP contribution in [-0.4, -0.2) is 26.4 Å². The molecule has 0 N–H and O–H groups in total. The second-order valence-electron chi connectivity index (χ2n) is 5.88. The van der Waals surface area contributed by atoms with Crippen molar-refractivity contribution in [3.63, 3.8) is 0 Å². The fourth-order valence-corrected chi connectivity index (χ4v) is 3.09. The lowest BCUT2D eigenvalue weighted by molar-refractivity contribution is 0.288. The van der Waals surface area contributed by atoms with E-state index in [1.807, 2.05) is 52.0 Å². The van der Waals surface area contributed by atoms with Gasteiger partial charge in [-0.3, -0.25) is 0 Å². The molecule has 0 amide bonds. The molecule has 0 aliphatic rings. The molecule has 0 aliphatic carbocycles. The van der Waals surface area contributed by atoms with Gasteiger partial charge in [-0.2, -0.15) is 0 Å². The Kier molecular flexibility index (Phi) is 5.71. The Labute approximate surface area is 154 Å². The van der Waals surface area contributed by atoms with Crippen molar-refractivity contribution in [1.82, 2.24) is 0 Å². The number of rotatable bonds is 8. The summed E-state index contributed by atoms with van der Waals surface area (Å²) in [6.45, 7) is 10.3. The van der Waals surface area contributed by atoms with E-state index in [9.17, 15) is 0 Å². The van der Waals surface area contributed by atoms with E-state index in [4.69, 9.17) is 18.9 Å². The minimum absolute atomic E-state index is 0.603. The van der Waals surface area contributed by atoms with Gasteiger partial charge in [0.1, 0.15) is 0 Å². The molecule has 4 heteroatoms. The number of benzene rings is 3. The predicted octanol–water partition coefficient (Wildman–Crippen LogP) is 5.59. The Balaban J connectivity index is 2.18. The molecule has 0 heterocycles. The average Bonchev–Trinajstić information content (AvgIpc) is 2.62. The van der Waals surface area contributed by atoms with Crippen molar-refractivity contribution >= 4 is 21.5 Å². The Hall–Kier alpha value is -2.62. The molecule has 0 saturated carbocycles. The van der Waals surface area contributed by atoms with Crippen LogP contribution in [0.25, 0.3) is 21.5 Å². The van der Waals surface area contributed by atoms with E-state index in [-0.39, 0.29) is 0 Å². The first-order chi connectivity index (χ1) is 12.7. The second kappa shape index (κ2) is 8.17. The third kappa shape index (κ3) is 3.64. The normalized spacial score (nSPS) is 10.9. The van der Waals surface area contributed by atoms with Gasteiger partial charge < -0.3 is 18.9 Å². The van der Waals surface area contributed by atoms with Crippen LogP contribution >= 0.6 is 0 Å². The summed E-state index contributed by atoms with van der Waals surface area (Å²) >= 11 is 0. The standard InChI is InChI=1S/C22H26O4/c1-5-23-19-11-15-9-17-13-21(25-7-3)22(26-8-4)14-18(17)10-16(15)12-20(19)24-6-2/h9-14H,5-8H2,1-4H3. The Bertz CT molecular complexity index is 757. The Morgan fingerprint density at radius 1 is 0.423 bits per heavy atom. The summed E-state index contributed by atoms with van der Waals surface area (Å²) in [5.41, 5.74) is 0. The number of hydrogen-bond donors (Lipinski definition) is 0. The lowest BCUT2D eigenvalue weighted by Gasteiger charge is -2.15. The first kappa shape index (κ1) is 18.2. The summed E-state index contributed by atoms with van der Waals surface area (Å²) in [6.07, 6.45) is 0. The highest BCUT2D eigenvalue weighted by Crippen LogP contribution is 2.38. The van der Waals surface area contributed by atoms with Crippen molar-refractivity contribution in [2.45, 2.75) is 27.7 Å². The van der Waals surface area contributed by atoms with Crippen molar-refractivity contribution in [2.24, 2.45) is 0 Å².